The fourth-order valence-corrected chi connectivity index (χ4v) is 9.37. The lowest BCUT2D eigenvalue weighted by Gasteiger charge is -2.18. The zero-order valence-electron chi connectivity index (χ0n) is 53.0. The Kier molecular flexibility index (Phi) is 64.8. The first-order valence-electron chi connectivity index (χ1n) is 34.0. The van der Waals surface area contributed by atoms with E-state index >= 15 is 0 Å². The second kappa shape index (κ2) is 68.3. The van der Waals surface area contributed by atoms with Gasteiger partial charge in [0, 0.05) is 19.3 Å². The van der Waals surface area contributed by atoms with E-state index in [1.165, 1.54) is 128 Å². The summed E-state index contributed by atoms with van der Waals surface area (Å²) in [6.07, 6.45) is 94.9. The molecule has 0 aromatic heterocycles. The molecule has 1 unspecified atom stereocenters. The Morgan fingerprint density at radius 1 is 0.259 bits per heavy atom. The summed E-state index contributed by atoms with van der Waals surface area (Å²) < 4.78 is 16.9. The molecule has 0 aliphatic heterocycles. The first-order chi connectivity index (χ1) is 40.0. The molecule has 0 aliphatic carbocycles. The van der Waals surface area contributed by atoms with Crippen molar-refractivity contribution in [3.05, 3.63) is 122 Å². The van der Waals surface area contributed by atoms with Crippen molar-refractivity contribution in [1.29, 1.82) is 0 Å². The molecule has 0 aromatic rings. The molecule has 462 valence electrons. The van der Waals surface area contributed by atoms with Crippen LogP contribution in [0, 0.1) is 0 Å². The van der Waals surface area contributed by atoms with Crippen molar-refractivity contribution in [3.8, 4) is 0 Å². The smallest absolute Gasteiger partial charge is 0.306 e. The molecule has 0 rings (SSSR count). The monoisotopic (exact) mass is 1120 g/mol. The van der Waals surface area contributed by atoms with Gasteiger partial charge in [0.25, 0.3) is 0 Å². The molecule has 6 heteroatoms. The van der Waals surface area contributed by atoms with E-state index in [1.54, 1.807) is 0 Å². The third-order valence-electron chi connectivity index (χ3n) is 14.5. The van der Waals surface area contributed by atoms with Gasteiger partial charge in [-0.2, -0.15) is 0 Å². The van der Waals surface area contributed by atoms with Gasteiger partial charge in [-0.1, -0.05) is 303 Å². The van der Waals surface area contributed by atoms with Crippen molar-refractivity contribution in [1.82, 2.24) is 0 Å². The van der Waals surface area contributed by atoms with Crippen LogP contribution in [-0.2, 0) is 28.6 Å². The number of carbonyl (C=O) groups is 3. The minimum atomic E-state index is -0.797. The number of allylic oxidation sites excluding steroid dienone is 20. The third kappa shape index (κ3) is 66.5. The van der Waals surface area contributed by atoms with E-state index in [4.69, 9.17) is 14.2 Å². The Labute approximate surface area is 501 Å². The van der Waals surface area contributed by atoms with E-state index in [9.17, 15) is 14.4 Å². The summed E-state index contributed by atoms with van der Waals surface area (Å²) in [6, 6.07) is 0. The molecule has 0 fully saturated rings. The summed E-state index contributed by atoms with van der Waals surface area (Å²) in [5.74, 6) is -0.912. The van der Waals surface area contributed by atoms with Gasteiger partial charge in [-0.25, -0.2) is 0 Å². The second-order valence-corrected chi connectivity index (χ2v) is 22.4. The highest BCUT2D eigenvalue weighted by Gasteiger charge is 2.19. The molecular weight excluding hydrogens is 997 g/mol. The summed E-state index contributed by atoms with van der Waals surface area (Å²) in [5.41, 5.74) is 0. The topological polar surface area (TPSA) is 78.9 Å². The molecule has 0 amide bonds. The molecule has 0 radical (unpaired) electrons. The van der Waals surface area contributed by atoms with Crippen LogP contribution in [0.5, 0.6) is 0 Å². The van der Waals surface area contributed by atoms with Gasteiger partial charge in [-0.05, 0) is 116 Å². The van der Waals surface area contributed by atoms with Crippen LogP contribution in [0.3, 0.4) is 0 Å². The number of carbonyl (C=O) groups excluding carboxylic acids is 3. The van der Waals surface area contributed by atoms with Crippen molar-refractivity contribution >= 4 is 17.9 Å². The Morgan fingerprint density at radius 3 is 0.753 bits per heavy atom. The number of ether oxygens (including phenoxy) is 3. The molecule has 0 bridgehead atoms. The van der Waals surface area contributed by atoms with E-state index in [0.29, 0.717) is 19.3 Å². The molecule has 0 N–H and O–H groups in total. The number of hydrogen-bond donors (Lipinski definition) is 0. The molecule has 0 saturated heterocycles. The van der Waals surface area contributed by atoms with Crippen LogP contribution in [0.15, 0.2) is 122 Å². The van der Waals surface area contributed by atoms with Gasteiger partial charge < -0.3 is 14.2 Å². The highest BCUT2D eigenvalue weighted by Crippen LogP contribution is 2.16. The maximum atomic E-state index is 12.9. The van der Waals surface area contributed by atoms with E-state index in [0.717, 1.165) is 148 Å². The maximum absolute atomic E-state index is 12.9. The summed E-state index contributed by atoms with van der Waals surface area (Å²) in [6.45, 7) is 6.52. The van der Waals surface area contributed by atoms with Crippen LogP contribution in [0.2, 0.25) is 0 Å². The fourth-order valence-electron chi connectivity index (χ4n) is 9.37. The zero-order chi connectivity index (χ0) is 58.5. The van der Waals surface area contributed by atoms with E-state index in [1.807, 2.05) is 0 Å². The van der Waals surface area contributed by atoms with Crippen molar-refractivity contribution in [2.24, 2.45) is 0 Å². The van der Waals surface area contributed by atoms with Gasteiger partial charge in [0.1, 0.15) is 13.2 Å². The second-order valence-electron chi connectivity index (χ2n) is 22.4. The number of rotatable bonds is 61. The van der Waals surface area contributed by atoms with Crippen LogP contribution in [0.4, 0.5) is 0 Å². The summed E-state index contributed by atoms with van der Waals surface area (Å²) >= 11 is 0. The predicted octanol–water partition coefficient (Wildman–Crippen LogP) is 23.6. The van der Waals surface area contributed by atoms with Crippen LogP contribution in [0.1, 0.15) is 316 Å². The fraction of sp³-hybridized carbons (Fsp3) is 0.693. The first-order valence-corrected chi connectivity index (χ1v) is 34.0. The van der Waals surface area contributed by atoms with Gasteiger partial charge in [0.15, 0.2) is 6.10 Å². The standard InChI is InChI=1S/C75H126O6/c1-4-7-10-13-16-19-22-25-28-30-32-34-35-36-37-38-39-41-42-44-47-50-53-56-59-62-65-68-74(77)80-71-72(70-79-73(76)67-64-61-58-55-52-49-46-27-24-21-18-15-12-9-6-3)81-75(78)69-66-63-60-57-54-51-48-45-43-40-33-31-29-26-23-20-17-14-11-8-5-2/h7,10,16,19,23,25-26,28,31-34,36-37,39,41,43-45,47,72H,4-6,8-9,11-15,17-18,20-22,24,27,29-30,35,38,40,42,46,48-71H2,1-3H3/b10-7-,19-16-,26-23-,28-25-,33-31-,34-32-,37-36-,41-39-,45-43-,47-44-. The Hall–Kier alpha value is -4.19. The van der Waals surface area contributed by atoms with Crippen molar-refractivity contribution in [3.63, 3.8) is 0 Å². The molecule has 0 heterocycles. The number of esters is 3. The largest absolute Gasteiger partial charge is 0.462 e. The van der Waals surface area contributed by atoms with E-state index < -0.39 is 6.10 Å². The van der Waals surface area contributed by atoms with Crippen molar-refractivity contribution < 1.29 is 28.6 Å². The number of hydrogen-bond acceptors (Lipinski definition) is 6. The highest BCUT2D eigenvalue weighted by atomic mass is 16.6. The average Bonchev–Trinajstić information content (AvgIpc) is 3.47. The molecule has 0 saturated carbocycles. The molecular formula is C75H126O6. The molecule has 0 aromatic carbocycles. The van der Waals surface area contributed by atoms with Crippen molar-refractivity contribution in [2.75, 3.05) is 13.2 Å². The molecule has 0 aliphatic rings. The van der Waals surface area contributed by atoms with Crippen LogP contribution in [0.25, 0.3) is 0 Å². The lowest BCUT2D eigenvalue weighted by molar-refractivity contribution is -0.167. The Bertz CT molecular complexity index is 1670. The lowest BCUT2D eigenvalue weighted by Crippen LogP contribution is -2.30. The first kappa shape index (κ1) is 76.8. The van der Waals surface area contributed by atoms with Gasteiger partial charge in [0.2, 0.25) is 0 Å². The molecule has 1 atom stereocenters. The summed E-state index contributed by atoms with van der Waals surface area (Å²) in [7, 11) is 0. The molecule has 6 nitrogen and oxygen atoms in total. The predicted molar refractivity (Wildman–Crippen MR) is 353 cm³/mol. The van der Waals surface area contributed by atoms with E-state index in [-0.39, 0.29) is 31.1 Å². The van der Waals surface area contributed by atoms with Crippen molar-refractivity contribution in [2.45, 2.75) is 322 Å². The SMILES string of the molecule is CC/C=C\C/C=C\C/C=C\C/C=C\C/C=C\C/C=C\C/C=C\CCCCCCCC(=O)OCC(COC(=O)CCCCCCCCCCCCCCCCC)OC(=O)CCCCCCCC/C=C\C/C=C\C/C=C\CCCCCCC. The molecule has 81 heavy (non-hydrogen) atoms. The average molecular weight is 1120 g/mol. The van der Waals surface area contributed by atoms with Gasteiger partial charge >= 0.3 is 17.9 Å². The lowest BCUT2D eigenvalue weighted by atomic mass is 10.0. The van der Waals surface area contributed by atoms with Gasteiger partial charge in [-0.3, -0.25) is 14.4 Å². The van der Waals surface area contributed by atoms with Crippen LogP contribution in [-0.4, -0.2) is 37.2 Å². The van der Waals surface area contributed by atoms with Crippen LogP contribution < -0.4 is 0 Å². The summed E-state index contributed by atoms with van der Waals surface area (Å²) in [4.78, 5) is 38.4. The van der Waals surface area contributed by atoms with Gasteiger partial charge in [0.05, 0.1) is 0 Å². The third-order valence-corrected chi connectivity index (χ3v) is 14.5. The minimum Gasteiger partial charge on any atom is -0.462 e. The Morgan fingerprint density at radius 2 is 0.481 bits per heavy atom. The number of unbranched alkanes of at least 4 members (excludes halogenated alkanes) is 30. The molecule has 0 spiro atoms. The maximum Gasteiger partial charge on any atom is 0.306 e. The normalized spacial score (nSPS) is 12.9. The highest BCUT2D eigenvalue weighted by molar-refractivity contribution is 5.71. The van der Waals surface area contributed by atoms with Gasteiger partial charge in [-0.15, -0.1) is 0 Å². The quantitative estimate of drug-likeness (QED) is 0.0261. The Balaban J connectivity index is 4.43. The minimum absolute atomic E-state index is 0.0895. The zero-order valence-corrected chi connectivity index (χ0v) is 53.0. The van der Waals surface area contributed by atoms with Crippen LogP contribution >= 0.6 is 0 Å². The van der Waals surface area contributed by atoms with E-state index in [2.05, 4.69) is 142 Å². The summed E-state index contributed by atoms with van der Waals surface area (Å²) in [5, 5.41) is 0.